The summed E-state index contributed by atoms with van der Waals surface area (Å²) in [6, 6.07) is 3.23. The van der Waals surface area contributed by atoms with Gasteiger partial charge in [0.2, 0.25) is 0 Å². The van der Waals surface area contributed by atoms with E-state index in [4.69, 9.17) is 5.73 Å². The molecule has 1 heterocycles. The van der Waals surface area contributed by atoms with E-state index in [-0.39, 0.29) is 11.6 Å². The Balaban J connectivity index is 0. The fourth-order valence-corrected chi connectivity index (χ4v) is 2.61. The van der Waals surface area contributed by atoms with Gasteiger partial charge in [0.05, 0.1) is 0 Å². The summed E-state index contributed by atoms with van der Waals surface area (Å²) < 4.78 is 62.0. The van der Waals surface area contributed by atoms with Gasteiger partial charge in [0, 0.05) is 23.5 Å². The van der Waals surface area contributed by atoms with E-state index < -0.39 is 23.4 Å². The summed E-state index contributed by atoms with van der Waals surface area (Å²) in [6.07, 6.45) is 1.71. The fourth-order valence-electron chi connectivity index (χ4n) is 2.61. The van der Waals surface area contributed by atoms with Crippen LogP contribution in [0.1, 0.15) is 47.0 Å². The van der Waals surface area contributed by atoms with Crippen LogP contribution in [0.3, 0.4) is 0 Å². The number of rotatable bonds is 4. The zero-order valence-electron chi connectivity index (χ0n) is 19.6. The Morgan fingerprint density at radius 3 is 2.09 bits per heavy atom. The third-order valence-electron chi connectivity index (χ3n) is 4.20. The van der Waals surface area contributed by atoms with E-state index in [2.05, 4.69) is 36.2 Å². The number of benzene rings is 1. The van der Waals surface area contributed by atoms with Gasteiger partial charge in [-0.2, -0.15) is 13.2 Å². The molecule has 0 aromatic heterocycles. The van der Waals surface area contributed by atoms with Crippen LogP contribution in [-0.2, 0) is 0 Å². The molecule has 1 aliphatic rings. The van der Waals surface area contributed by atoms with Gasteiger partial charge in [-0.25, -0.2) is 8.78 Å². The number of nitrogen functional groups attached to an aromatic ring is 1. The van der Waals surface area contributed by atoms with E-state index in [1.54, 1.807) is 0 Å². The van der Waals surface area contributed by atoms with Crippen molar-refractivity contribution in [3.8, 4) is 0 Å². The van der Waals surface area contributed by atoms with E-state index >= 15 is 0 Å². The summed E-state index contributed by atoms with van der Waals surface area (Å²) in [5.74, 6) is -1.82. The molecule has 1 aromatic rings. The van der Waals surface area contributed by atoms with E-state index in [0.717, 1.165) is 49.7 Å². The quantitative estimate of drug-likeness (QED) is 0.107. The number of halogens is 6. The zero-order valence-corrected chi connectivity index (χ0v) is 25.6. The molecule has 0 spiro atoms. The Kier molecular flexibility index (Phi) is 19.1. The van der Waals surface area contributed by atoms with Gasteiger partial charge in [0.1, 0.15) is 0 Å². The summed E-state index contributed by atoms with van der Waals surface area (Å²) in [5, 5.41) is 3.26. The second kappa shape index (κ2) is 18.4. The van der Waals surface area contributed by atoms with Crippen molar-refractivity contribution in [2.45, 2.75) is 53.1 Å². The molecule has 2 rings (SSSR count). The molecule has 2 nitrogen and oxygen atoms in total. The Hall–Kier alpha value is -0.918. The van der Waals surface area contributed by atoms with Crippen LogP contribution in [0.25, 0.3) is 0 Å². The molecule has 3 N–H and O–H groups in total. The van der Waals surface area contributed by atoms with Crippen molar-refractivity contribution in [2.75, 3.05) is 12.3 Å². The molecule has 3 radical (unpaired) electrons. The Morgan fingerprint density at radius 1 is 1.12 bits per heavy atom. The molecule has 1 aliphatic heterocycles. The van der Waals surface area contributed by atoms with Gasteiger partial charge in [0.15, 0.2) is 11.6 Å². The summed E-state index contributed by atoms with van der Waals surface area (Å²) in [5.41, 5.74) is 6.76. The molecule has 0 unspecified atom stereocenters. The maximum atomic E-state index is 12.6. The van der Waals surface area contributed by atoms with Crippen LogP contribution in [0.4, 0.5) is 27.6 Å². The summed E-state index contributed by atoms with van der Waals surface area (Å²) >= 11 is 3.56. The van der Waals surface area contributed by atoms with Crippen LogP contribution in [0.15, 0.2) is 65.9 Å². The van der Waals surface area contributed by atoms with E-state index in [0.29, 0.717) is 11.1 Å². The molecular weight excluding hydrogens is 745 g/mol. The molecule has 1 aromatic carbocycles. The number of hydrogen-bond acceptors (Lipinski definition) is 2. The molecule has 0 bridgehead atoms. The summed E-state index contributed by atoms with van der Waals surface area (Å²) in [6.45, 7) is 15.6. The van der Waals surface area contributed by atoms with Crippen LogP contribution in [0, 0.1) is 17.6 Å². The van der Waals surface area contributed by atoms with E-state index in [1.165, 1.54) is 27.5 Å². The van der Waals surface area contributed by atoms with Crippen molar-refractivity contribution in [1.29, 1.82) is 0 Å². The van der Waals surface area contributed by atoms with Gasteiger partial charge in [0.25, 0.3) is 0 Å². The van der Waals surface area contributed by atoms with Gasteiger partial charge >= 0.3 is 45.4 Å². The predicted octanol–water partition coefficient (Wildman–Crippen LogP) is 7.98. The molecule has 1 saturated heterocycles. The van der Waals surface area contributed by atoms with Crippen LogP contribution in [0.5, 0.6) is 0 Å². The summed E-state index contributed by atoms with van der Waals surface area (Å²) in [4.78, 5) is 0. The molecule has 1 fully saturated rings. The number of hydrogen-bond donors (Lipinski definition) is 2. The first-order chi connectivity index (χ1) is 15.4. The average Bonchev–Trinajstić information content (AvgIpc) is 2.77. The monoisotopic (exact) mass is 779 g/mol. The van der Waals surface area contributed by atoms with Crippen LogP contribution in [0.2, 0.25) is 0 Å². The molecule has 0 amide bonds. The van der Waals surface area contributed by atoms with Crippen LogP contribution < -0.4 is 11.1 Å². The first kappa shape index (κ1) is 34.3. The molecule has 0 atom stereocenters. The van der Waals surface area contributed by atoms with Crippen LogP contribution in [-0.4, -0.2) is 34.2 Å². The number of nitrogens with one attached hydrogen (secondary N) is 1. The van der Waals surface area contributed by atoms with Crippen molar-refractivity contribution in [2.24, 2.45) is 5.92 Å². The van der Waals surface area contributed by atoms with E-state index in [1.807, 2.05) is 33.8 Å². The Labute approximate surface area is 219 Å². The average molecular weight is 779 g/mol. The number of nitrogens with two attached hydrogens (primary N) is 1. The maximum absolute atomic E-state index is 12.6. The third kappa shape index (κ3) is 14.8. The number of allylic oxidation sites excluding steroid dienone is 6. The van der Waals surface area contributed by atoms with Crippen molar-refractivity contribution in [3.05, 3.63) is 77.6 Å². The number of alkyl halides is 3. The van der Waals surface area contributed by atoms with Gasteiger partial charge in [-0.1, -0.05) is 40.9 Å². The Bertz CT molecular complexity index is 795. The van der Waals surface area contributed by atoms with Gasteiger partial charge in [-0.15, -0.1) is 0 Å². The zero-order chi connectivity index (χ0) is 26.2. The summed E-state index contributed by atoms with van der Waals surface area (Å²) in [7, 11) is 0. The standard InChI is InChI=1S/C16H22F3N.C6H5F2N.C2H6.HI.Pb/c1-11(2)15(10-13(4)16(17,18)19)12(3)9-14-7-5-6-8-20-14;7-5-2-1-4(9)3-6(5)8;1-2;;/h9-11,20H,3-8H2,1-2H3;1-3H,9H2;1-2H3;1H;/q;;;;+1/p-1/b14-9-,15-10+;;;;. The Morgan fingerprint density at radius 2 is 1.70 bits per heavy atom. The van der Waals surface area contributed by atoms with Crippen molar-refractivity contribution >= 4 is 44.9 Å². The normalized spacial score (nSPS) is 14.5. The molecule has 33 heavy (non-hydrogen) atoms. The minimum absolute atomic E-state index is 0.0398. The number of piperidine rings is 1. The fraction of sp³-hybridized carbons (Fsp3) is 0.417. The first-order valence-electron chi connectivity index (χ1n) is 10.4. The minimum atomic E-state index is -4.39. The predicted molar refractivity (Wildman–Crippen MR) is 139 cm³/mol. The van der Waals surface area contributed by atoms with Crippen molar-refractivity contribution in [1.82, 2.24) is 5.32 Å². The molecule has 0 aliphatic carbocycles. The molecule has 0 saturated carbocycles. The molecule has 185 valence electrons. The van der Waals surface area contributed by atoms with Crippen LogP contribution >= 0.6 is 17.8 Å². The SMILES string of the molecule is C=C(/C=C1/CCCCN1)/C(=C/C(=C)C(F)(F)F)C(C)C.CC.Nc1ccc(F)c(F)c1.[I][Pb]. The van der Waals surface area contributed by atoms with Gasteiger partial charge < -0.3 is 11.1 Å². The van der Waals surface area contributed by atoms with Gasteiger partial charge in [-0.05, 0) is 66.7 Å². The first-order valence-corrected chi connectivity index (χ1v) is 21.4. The van der Waals surface area contributed by atoms with Crippen molar-refractivity contribution < 1.29 is 22.0 Å². The molecule has 9 heteroatoms. The second-order valence-electron chi connectivity index (χ2n) is 7.03. The van der Waals surface area contributed by atoms with Crippen molar-refractivity contribution in [3.63, 3.8) is 0 Å². The third-order valence-corrected chi connectivity index (χ3v) is 4.20. The topological polar surface area (TPSA) is 38.0 Å². The second-order valence-corrected chi connectivity index (χ2v) is 7.03. The molecular formula is C24H33F5IN2Pb. The van der Waals surface area contributed by atoms with E-state index in [9.17, 15) is 22.0 Å². The van der Waals surface area contributed by atoms with Gasteiger partial charge in [-0.3, -0.25) is 0 Å². The number of anilines is 1.